The van der Waals surface area contributed by atoms with Gasteiger partial charge in [0.2, 0.25) is 0 Å². The Morgan fingerprint density at radius 2 is 2.05 bits per heavy atom. The van der Waals surface area contributed by atoms with Crippen LogP contribution in [0.25, 0.3) is 11.1 Å². The van der Waals surface area contributed by atoms with Crippen molar-refractivity contribution in [1.82, 2.24) is 9.97 Å². The molecule has 2 aromatic rings. The third-order valence-electron chi connectivity index (χ3n) is 2.72. The van der Waals surface area contributed by atoms with Crippen molar-refractivity contribution in [3.05, 3.63) is 42.6 Å². The van der Waals surface area contributed by atoms with Gasteiger partial charge in [0.25, 0.3) is 0 Å². The van der Waals surface area contributed by atoms with Crippen molar-refractivity contribution in [3.8, 4) is 16.9 Å². The number of thioether (sulfide) groups is 1. The van der Waals surface area contributed by atoms with E-state index in [1.54, 1.807) is 6.20 Å². The van der Waals surface area contributed by atoms with Gasteiger partial charge in [-0.3, -0.25) is 0 Å². The van der Waals surface area contributed by atoms with Crippen LogP contribution in [0.4, 0.5) is 5.82 Å². The van der Waals surface area contributed by atoms with Crippen LogP contribution in [0, 0.1) is 0 Å². The largest absolute Gasteiger partial charge is 0.494 e. The monoisotopic (exact) mass is 301 g/mol. The molecule has 2 rings (SSSR count). The summed E-state index contributed by atoms with van der Waals surface area (Å²) in [6.45, 7) is 8.45. The van der Waals surface area contributed by atoms with Crippen LogP contribution in [0.5, 0.6) is 5.75 Å². The van der Waals surface area contributed by atoms with E-state index in [1.165, 1.54) is 11.8 Å². The molecule has 0 spiro atoms. The van der Waals surface area contributed by atoms with Crippen LogP contribution in [-0.4, -0.2) is 22.3 Å². The van der Waals surface area contributed by atoms with E-state index in [2.05, 4.69) is 16.5 Å². The number of nitrogen functional groups attached to an aromatic ring is 1. The number of nitrogens with two attached hydrogens (primary N) is 1. The molecule has 0 amide bonds. The Labute approximate surface area is 129 Å². The number of rotatable bonds is 6. The van der Waals surface area contributed by atoms with E-state index in [9.17, 15) is 0 Å². The first-order valence-electron chi connectivity index (χ1n) is 6.73. The second-order valence-corrected chi connectivity index (χ2v) is 5.60. The first-order valence-corrected chi connectivity index (χ1v) is 7.71. The van der Waals surface area contributed by atoms with Crippen LogP contribution in [-0.2, 0) is 0 Å². The van der Waals surface area contributed by atoms with E-state index < -0.39 is 0 Å². The summed E-state index contributed by atoms with van der Waals surface area (Å²) in [6.07, 6.45) is 1.76. The maximum absolute atomic E-state index is 6.04. The second-order valence-electron chi connectivity index (χ2n) is 4.65. The lowest BCUT2D eigenvalue weighted by molar-refractivity contribution is 0.340. The summed E-state index contributed by atoms with van der Waals surface area (Å²) in [7, 11) is 0. The highest BCUT2D eigenvalue weighted by Gasteiger charge is 2.07. The molecular formula is C16H19N3OS. The molecule has 4 nitrogen and oxygen atoms in total. The van der Waals surface area contributed by atoms with E-state index in [0.717, 1.165) is 28.2 Å². The zero-order valence-electron chi connectivity index (χ0n) is 12.3. The lowest BCUT2D eigenvalue weighted by atomic mass is 10.1. The van der Waals surface area contributed by atoms with Crippen molar-refractivity contribution < 1.29 is 4.74 Å². The molecule has 0 saturated heterocycles. The Bertz CT molecular complexity index is 626. The first kappa shape index (κ1) is 15.4. The topological polar surface area (TPSA) is 61.0 Å². The summed E-state index contributed by atoms with van der Waals surface area (Å²) < 4.78 is 5.43. The van der Waals surface area contributed by atoms with Crippen LogP contribution in [0.2, 0.25) is 0 Å². The molecule has 0 aliphatic carbocycles. The molecule has 0 unspecified atom stereocenters. The average molecular weight is 301 g/mol. The molecule has 21 heavy (non-hydrogen) atoms. The fourth-order valence-corrected chi connectivity index (χ4v) is 2.42. The summed E-state index contributed by atoms with van der Waals surface area (Å²) >= 11 is 1.53. The van der Waals surface area contributed by atoms with Gasteiger partial charge in [-0.2, -0.15) is 0 Å². The highest BCUT2D eigenvalue weighted by Crippen LogP contribution is 2.27. The number of hydrogen-bond acceptors (Lipinski definition) is 5. The van der Waals surface area contributed by atoms with Crippen LogP contribution >= 0.6 is 11.8 Å². The molecule has 0 bridgehead atoms. The lowest BCUT2D eigenvalue weighted by Gasteiger charge is -2.08. The predicted molar refractivity (Wildman–Crippen MR) is 88.6 cm³/mol. The third kappa shape index (κ3) is 4.23. The number of anilines is 1. The zero-order chi connectivity index (χ0) is 15.2. The summed E-state index contributed by atoms with van der Waals surface area (Å²) in [5.74, 6) is 2.12. The highest BCUT2D eigenvalue weighted by atomic mass is 32.2. The van der Waals surface area contributed by atoms with Gasteiger partial charge in [-0.1, -0.05) is 36.0 Å². The predicted octanol–water partition coefficient (Wildman–Crippen LogP) is 3.79. The molecule has 5 heteroatoms. The van der Waals surface area contributed by atoms with E-state index in [0.29, 0.717) is 17.6 Å². The van der Waals surface area contributed by atoms with Gasteiger partial charge in [0.15, 0.2) is 5.16 Å². The molecule has 0 fully saturated rings. The van der Waals surface area contributed by atoms with Gasteiger partial charge in [-0.05, 0) is 31.5 Å². The number of ether oxygens (including phenoxy) is 1. The molecule has 1 aromatic heterocycles. The van der Waals surface area contributed by atoms with Crippen molar-refractivity contribution in [2.45, 2.75) is 19.0 Å². The standard InChI is InChI=1S/C16H19N3OS/c1-4-20-13-7-5-12(6-8-13)14-9-18-16(19-15(14)17)21-10-11(2)3/h5-9H,2,4,10H2,1,3H3,(H2,17,18,19). The van der Waals surface area contributed by atoms with Crippen molar-refractivity contribution in [1.29, 1.82) is 0 Å². The van der Waals surface area contributed by atoms with Crippen LogP contribution < -0.4 is 10.5 Å². The number of aromatic nitrogens is 2. The summed E-state index contributed by atoms with van der Waals surface area (Å²) in [5, 5.41) is 0.671. The van der Waals surface area contributed by atoms with Crippen LogP contribution in [0.15, 0.2) is 47.8 Å². The Morgan fingerprint density at radius 1 is 1.33 bits per heavy atom. The van der Waals surface area contributed by atoms with E-state index in [1.807, 2.05) is 38.1 Å². The van der Waals surface area contributed by atoms with Gasteiger partial charge >= 0.3 is 0 Å². The maximum atomic E-state index is 6.04. The van der Waals surface area contributed by atoms with Gasteiger partial charge in [0, 0.05) is 17.5 Å². The van der Waals surface area contributed by atoms with E-state index in [4.69, 9.17) is 10.5 Å². The van der Waals surface area contributed by atoms with Crippen molar-refractivity contribution >= 4 is 17.6 Å². The van der Waals surface area contributed by atoms with Gasteiger partial charge in [0.05, 0.1) is 6.61 Å². The van der Waals surface area contributed by atoms with Gasteiger partial charge in [-0.15, -0.1) is 0 Å². The zero-order valence-corrected chi connectivity index (χ0v) is 13.1. The molecule has 0 aliphatic heterocycles. The molecule has 0 radical (unpaired) electrons. The minimum absolute atomic E-state index is 0.485. The average Bonchev–Trinajstić information content (AvgIpc) is 2.47. The summed E-state index contributed by atoms with van der Waals surface area (Å²) in [5.41, 5.74) is 8.93. The molecule has 0 aliphatic rings. The molecule has 1 heterocycles. The maximum Gasteiger partial charge on any atom is 0.189 e. The van der Waals surface area contributed by atoms with Crippen LogP contribution in [0.1, 0.15) is 13.8 Å². The van der Waals surface area contributed by atoms with Crippen LogP contribution in [0.3, 0.4) is 0 Å². The van der Waals surface area contributed by atoms with E-state index >= 15 is 0 Å². The first-order chi connectivity index (χ1) is 10.1. The fraction of sp³-hybridized carbons (Fsp3) is 0.250. The van der Waals surface area contributed by atoms with Crippen molar-refractivity contribution in [3.63, 3.8) is 0 Å². The second kappa shape index (κ2) is 7.13. The smallest absolute Gasteiger partial charge is 0.189 e. The Morgan fingerprint density at radius 3 is 2.62 bits per heavy atom. The minimum Gasteiger partial charge on any atom is -0.494 e. The molecule has 1 aromatic carbocycles. The minimum atomic E-state index is 0.485. The van der Waals surface area contributed by atoms with E-state index in [-0.39, 0.29) is 0 Å². The Hall–Kier alpha value is -2.01. The highest BCUT2D eigenvalue weighted by molar-refractivity contribution is 7.99. The Kier molecular flexibility index (Phi) is 5.22. The van der Waals surface area contributed by atoms with Crippen molar-refractivity contribution in [2.75, 3.05) is 18.1 Å². The van der Waals surface area contributed by atoms with Gasteiger partial charge < -0.3 is 10.5 Å². The molecule has 0 atom stereocenters. The summed E-state index contributed by atoms with van der Waals surface area (Å²) in [6, 6.07) is 7.76. The van der Waals surface area contributed by atoms with Crippen molar-refractivity contribution in [2.24, 2.45) is 0 Å². The molecular weight excluding hydrogens is 282 g/mol. The molecule has 2 N–H and O–H groups in total. The summed E-state index contributed by atoms with van der Waals surface area (Å²) in [4.78, 5) is 8.68. The van der Waals surface area contributed by atoms with Gasteiger partial charge in [0.1, 0.15) is 11.6 Å². The normalized spacial score (nSPS) is 10.4. The number of benzene rings is 1. The number of nitrogens with zero attached hydrogens (tertiary/aromatic N) is 2. The van der Waals surface area contributed by atoms with Gasteiger partial charge in [-0.25, -0.2) is 9.97 Å². The molecule has 0 saturated carbocycles. The lowest BCUT2D eigenvalue weighted by Crippen LogP contribution is -1.98. The third-order valence-corrected chi connectivity index (χ3v) is 3.81. The fourth-order valence-electron chi connectivity index (χ4n) is 1.76. The quantitative estimate of drug-likeness (QED) is 0.499. The SMILES string of the molecule is C=C(C)CSc1ncc(-c2ccc(OCC)cc2)c(N)n1. The molecule has 110 valence electrons. The Balaban J connectivity index is 2.18. The number of hydrogen-bond donors (Lipinski definition) is 1.